The van der Waals surface area contributed by atoms with E-state index in [1.807, 2.05) is 18.7 Å². The average molecular weight is 286 g/mol. The summed E-state index contributed by atoms with van der Waals surface area (Å²) in [5.74, 6) is 0. The minimum absolute atomic E-state index is 0.141. The van der Waals surface area contributed by atoms with Crippen LogP contribution in [0.25, 0.3) is 0 Å². The normalized spacial score (nSPS) is 15.6. The van der Waals surface area contributed by atoms with Crippen LogP contribution in [0.3, 0.4) is 0 Å². The number of nitrogens with one attached hydrogen (secondary N) is 1. The summed E-state index contributed by atoms with van der Waals surface area (Å²) < 4.78 is 1.92. The molecule has 1 rings (SSSR count). The van der Waals surface area contributed by atoms with E-state index in [4.69, 9.17) is 11.6 Å². The molecule has 1 aromatic heterocycles. The van der Waals surface area contributed by atoms with E-state index in [1.165, 1.54) is 0 Å². The van der Waals surface area contributed by atoms with Crippen LogP contribution in [0.1, 0.15) is 52.4 Å². The van der Waals surface area contributed by atoms with Gasteiger partial charge in [0.25, 0.3) is 0 Å². The molecule has 1 aromatic rings. The fourth-order valence-corrected chi connectivity index (χ4v) is 2.29. The first kappa shape index (κ1) is 16.5. The second-order valence-corrected chi connectivity index (χ2v) is 7.29. The second-order valence-electron chi connectivity index (χ2n) is 6.91. The Hall–Kier alpha value is -0.540. The third-order valence-electron chi connectivity index (χ3n) is 3.75. The molecule has 0 fully saturated rings. The minimum Gasteiger partial charge on any atom is -0.312 e. The lowest BCUT2D eigenvalue weighted by Gasteiger charge is -2.33. The highest BCUT2D eigenvalue weighted by molar-refractivity contribution is 6.31. The van der Waals surface area contributed by atoms with Gasteiger partial charge in [-0.25, -0.2) is 0 Å². The molecule has 0 spiro atoms. The molecule has 0 aromatic carbocycles. The van der Waals surface area contributed by atoms with Crippen molar-refractivity contribution >= 4 is 11.6 Å². The Labute approximate surface area is 122 Å². The lowest BCUT2D eigenvalue weighted by Crippen LogP contribution is -2.43. The monoisotopic (exact) mass is 285 g/mol. The summed E-state index contributed by atoms with van der Waals surface area (Å²) in [6.45, 7) is 14.1. The highest BCUT2D eigenvalue weighted by Gasteiger charge is 2.27. The van der Waals surface area contributed by atoms with Crippen molar-refractivity contribution in [1.29, 1.82) is 0 Å². The van der Waals surface area contributed by atoms with Gasteiger partial charge in [-0.2, -0.15) is 5.10 Å². The van der Waals surface area contributed by atoms with Crippen molar-refractivity contribution in [3.8, 4) is 0 Å². The number of aryl methyl sites for hydroxylation is 2. The molecule has 0 radical (unpaired) electrons. The SMILES string of the molecule is CCC(C)(CNC(C)(C)C)Cc1c(Cl)c(C)nn1C. The molecule has 1 unspecified atom stereocenters. The molecule has 3 nitrogen and oxygen atoms in total. The first-order chi connectivity index (χ1) is 8.58. The Morgan fingerprint density at radius 2 is 1.84 bits per heavy atom. The molecule has 0 aliphatic carbocycles. The molecule has 4 heteroatoms. The minimum atomic E-state index is 0.141. The van der Waals surface area contributed by atoms with Crippen LogP contribution in [0.2, 0.25) is 5.02 Å². The van der Waals surface area contributed by atoms with E-state index >= 15 is 0 Å². The summed E-state index contributed by atoms with van der Waals surface area (Å²) in [7, 11) is 1.97. The van der Waals surface area contributed by atoms with Gasteiger partial charge in [0.05, 0.1) is 16.4 Å². The van der Waals surface area contributed by atoms with Crippen LogP contribution < -0.4 is 5.32 Å². The molecular formula is C15H28ClN3. The third-order valence-corrected chi connectivity index (χ3v) is 4.25. The summed E-state index contributed by atoms with van der Waals surface area (Å²) in [4.78, 5) is 0. The van der Waals surface area contributed by atoms with Crippen molar-refractivity contribution in [2.45, 2.75) is 59.9 Å². The maximum Gasteiger partial charge on any atom is 0.0847 e. The van der Waals surface area contributed by atoms with Crippen molar-refractivity contribution in [1.82, 2.24) is 15.1 Å². The second kappa shape index (κ2) is 5.84. The van der Waals surface area contributed by atoms with Crippen molar-refractivity contribution in [2.24, 2.45) is 12.5 Å². The van der Waals surface area contributed by atoms with E-state index in [1.54, 1.807) is 0 Å². The Bertz CT molecular complexity index is 431. The lowest BCUT2D eigenvalue weighted by molar-refractivity contribution is 0.250. The average Bonchev–Trinajstić information content (AvgIpc) is 2.53. The van der Waals surface area contributed by atoms with E-state index in [9.17, 15) is 0 Å². The van der Waals surface area contributed by atoms with Crippen LogP contribution in [0.15, 0.2) is 0 Å². The summed E-state index contributed by atoms with van der Waals surface area (Å²) in [5, 5.41) is 8.83. The van der Waals surface area contributed by atoms with Crippen LogP contribution >= 0.6 is 11.6 Å². The lowest BCUT2D eigenvalue weighted by atomic mass is 9.82. The third kappa shape index (κ3) is 4.50. The van der Waals surface area contributed by atoms with Gasteiger partial charge in [-0.05, 0) is 46.0 Å². The van der Waals surface area contributed by atoms with E-state index in [2.05, 4.69) is 45.0 Å². The fourth-order valence-electron chi connectivity index (χ4n) is 2.07. The molecule has 0 saturated heterocycles. The molecular weight excluding hydrogens is 258 g/mol. The van der Waals surface area contributed by atoms with Crippen LogP contribution in [0.5, 0.6) is 0 Å². The zero-order valence-electron chi connectivity index (χ0n) is 13.4. The van der Waals surface area contributed by atoms with Gasteiger partial charge in [-0.1, -0.05) is 25.4 Å². The Kier molecular flexibility index (Phi) is 5.08. The molecule has 19 heavy (non-hydrogen) atoms. The zero-order valence-corrected chi connectivity index (χ0v) is 14.1. The molecule has 0 amide bonds. The van der Waals surface area contributed by atoms with Gasteiger partial charge in [0.2, 0.25) is 0 Å². The van der Waals surface area contributed by atoms with Crippen LogP contribution in [-0.2, 0) is 13.5 Å². The quantitative estimate of drug-likeness (QED) is 0.893. The maximum atomic E-state index is 6.36. The molecule has 0 saturated carbocycles. The van der Waals surface area contributed by atoms with Crippen molar-refractivity contribution in [3.05, 3.63) is 16.4 Å². The highest BCUT2D eigenvalue weighted by atomic mass is 35.5. The number of halogens is 1. The Morgan fingerprint density at radius 3 is 2.21 bits per heavy atom. The van der Waals surface area contributed by atoms with Crippen LogP contribution in [-0.4, -0.2) is 21.9 Å². The summed E-state index contributed by atoms with van der Waals surface area (Å²) in [5.41, 5.74) is 2.39. The fraction of sp³-hybridized carbons (Fsp3) is 0.800. The maximum absolute atomic E-state index is 6.36. The number of aromatic nitrogens is 2. The van der Waals surface area contributed by atoms with Gasteiger partial charge in [0.1, 0.15) is 0 Å². The number of nitrogens with zero attached hydrogens (tertiary/aromatic N) is 2. The number of rotatable bonds is 5. The van der Waals surface area contributed by atoms with Crippen molar-refractivity contribution in [2.75, 3.05) is 6.54 Å². The van der Waals surface area contributed by atoms with E-state index in [0.717, 1.165) is 35.8 Å². The van der Waals surface area contributed by atoms with Crippen LogP contribution in [0, 0.1) is 12.3 Å². The first-order valence-electron chi connectivity index (χ1n) is 7.01. The molecule has 0 aliphatic heterocycles. The predicted molar refractivity (Wildman–Crippen MR) is 82.8 cm³/mol. The predicted octanol–water partition coefficient (Wildman–Crippen LogP) is 3.73. The van der Waals surface area contributed by atoms with Gasteiger partial charge >= 0.3 is 0 Å². The highest BCUT2D eigenvalue weighted by Crippen LogP contribution is 2.30. The zero-order chi connectivity index (χ0) is 14.8. The Morgan fingerprint density at radius 1 is 1.26 bits per heavy atom. The van der Waals surface area contributed by atoms with Gasteiger partial charge in [0.15, 0.2) is 0 Å². The molecule has 1 atom stereocenters. The van der Waals surface area contributed by atoms with Crippen LogP contribution in [0.4, 0.5) is 0 Å². The van der Waals surface area contributed by atoms with Crippen molar-refractivity contribution in [3.63, 3.8) is 0 Å². The van der Waals surface area contributed by atoms with E-state index < -0.39 is 0 Å². The molecule has 1 N–H and O–H groups in total. The van der Waals surface area contributed by atoms with Gasteiger partial charge < -0.3 is 5.32 Å². The largest absolute Gasteiger partial charge is 0.312 e. The summed E-state index contributed by atoms with van der Waals surface area (Å²) >= 11 is 6.36. The standard InChI is InChI=1S/C15H28ClN3/c1-8-15(6,10-17-14(3,4)5)9-12-13(16)11(2)18-19(12)7/h17H,8-10H2,1-7H3. The molecule has 110 valence electrons. The van der Waals surface area contributed by atoms with Gasteiger partial charge in [-0.3, -0.25) is 4.68 Å². The van der Waals surface area contributed by atoms with E-state index in [0.29, 0.717) is 0 Å². The topological polar surface area (TPSA) is 29.9 Å². The molecule has 1 heterocycles. The summed E-state index contributed by atoms with van der Waals surface area (Å²) in [6.07, 6.45) is 2.05. The van der Waals surface area contributed by atoms with E-state index in [-0.39, 0.29) is 11.0 Å². The van der Waals surface area contributed by atoms with Crippen molar-refractivity contribution < 1.29 is 0 Å². The smallest absolute Gasteiger partial charge is 0.0847 e. The Balaban J connectivity index is 2.86. The summed E-state index contributed by atoms with van der Waals surface area (Å²) in [6, 6.07) is 0. The number of hydrogen-bond donors (Lipinski definition) is 1. The number of hydrogen-bond acceptors (Lipinski definition) is 2. The van der Waals surface area contributed by atoms with Gasteiger partial charge in [0, 0.05) is 19.1 Å². The van der Waals surface area contributed by atoms with Gasteiger partial charge in [-0.15, -0.1) is 0 Å². The molecule has 0 aliphatic rings. The first-order valence-corrected chi connectivity index (χ1v) is 7.39. The molecule has 0 bridgehead atoms.